The number of carbonyl (C=O) groups excluding carboxylic acids is 1. The van der Waals surface area contributed by atoms with Crippen molar-refractivity contribution in [2.75, 3.05) is 23.3 Å². The number of hydrogen-bond donors (Lipinski definition) is 1. The average Bonchev–Trinajstić information content (AvgIpc) is 2.96. The van der Waals surface area contributed by atoms with Crippen molar-refractivity contribution in [1.82, 2.24) is 15.0 Å². The average molecular weight is 319 g/mol. The van der Waals surface area contributed by atoms with Gasteiger partial charge in [-0.05, 0) is 24.6 Å². The first-order valence-electron chi connectivity index (χ1n) is 8.29. The number of rotatable bonds is 1. The van der Waals surface area contributed by atoms with E-state index in [-0.39, 0.29) is 11.9 Å². The van der Waals surface area contributed by atoms with Crippen LogP contribution in [0.1, 0.15) is 24.4 Å². The summed E-state index contributed by atoms with van der Waals surface area (Å²) in [6, 6.07) is 14.3. The summed E-state index contributed by atoms with van der Waals surface area (Å²) in [5.74, 6) is 0.0838. The Morgan fingerprint density at radius 3 is 2.96 bits per heavy atom. The zero-order valence-corrected chi connectivity index (χ0v) is 13.1. The van der Waals surface area contributed by atoms with Crippen molar-refractivity contribution in [2.45, 2.75) is 18.9 Å². The van der Waals surface area contributed by atoms with Gasteiger partial charge in [-0.15, -0.1) is 5.10 Å². The summed E-state index contributed by atoms with van der Waals surface area (Å²) in [5, 5.41) is 11.8. The Morgan fingerprint density at radius 2 is 2.00 bits per heavy atom. The lowest BCUT2D eigenvalue weighted by molar-refractivity contribution is -0.115. The molecule has 5 rings (SSSR count). The van der Waals surface area contributed by atoms with Crippen molar-refractivity contribution < 1.29 is 4.79 Å². The minimum Gasteiger partial charge on any atom is -0.369 e. The third-order valence-corrected chi connectivity index (χ3v) is 4.97. The van der Waals surface area contributed by atoms with E-state index in [0.717, 1.165) is 41.9 Å². The minimum atomic E-state index is 0.0838. The Kier molecular flexibility index (Phi) is 2.85. The van der Waals surface area contributed by atoms with Gasteiger partial charge in [-0.3, -0.25) is 4.79 Å². The molecule has 24 heavy (non-hydrogen) atoms. The van der Waals surface area contributed by atoms with E-state index in [4.69, 9.17) is 0 Å². The molecule has 1 aromatic heterocycles. The van der Waals surface area contributed by atoms with E-state index in [2.05, 4.69) is 32.7 Å². The molecule has 0 spiro atoms. The minimum absolute atomic E-state index is 0.0838. The van der Waals surface area contributed by atoms with E-state index in [1.54, 1.807) is 0 Å². The second-order valence-corrected chi connectivity index (χ2v) is 6.36. The summed E-state index contributed by atoms with van der Waals surface area (Å²) in [5.41, 5.74) is 5.21. The molecule has 2 aliphatic rings. The maximum Gasteiger partial charge on any atom is 0.226 e. The summed E-state index contributed by atoms with van der Waals surface area (Å²) in [7, 11) is 0. The zero-order chi connectivity index (χ0) is 16.1. The number of para-hydroxylation sites is 2. The molecule has 0 fully saturated rings. The molecule has 2 aromatic carbocycles. The lowest BCUT2D eigenvalue weighted by Gasteiger charge is -2.35. The highest BCUT2D eigenvalue weighted by atomic mass is 16.1. The third kappa shape index (κ3) is 1.92. The Hall–Kier alpha value is -2.89. The first-order chi connectivity index (χ1) is 11.8. The maximum absolute atomic E-state index is 12.0. The third-order valence-electron chi connectivity index (χ3n) is 4.97. The predicted molar refractivity (Wildman–Crippen MR) is 92.2 cm³/mol. The largest absolute Gasteiger partial charge is 0.369 e. The Morgan fingerprint density at radius 1 is 1.08 bits per heavy atom. The van der Waals surface area contributed by atoms with E-state index in [1.807, 2.05) is 35.0 Å². The molecule has 0 saturated carbocycles. The first kappa shape index (κ1) is 13.5. The van der Waals surface area contributed by atoms with Gasteiger partial charge in [-0.25, -0.2) is 4.68 Å². The Labute approximate surface area is 139 Å². The number of anilines is 2. The highest BCUT2D eigenvalue weighted by Gasteiger charge is 2.32. The molecule has 0 bridgehead atoms. The van der Waals surface area contributed by atoms with E-state index in [0.29, 0.717) is 6.42 Å². The SMILES string of the molecule is O=C1CCN2CCC(n3nnc4ccccc43)c3cccc(c32)N1. The van der Waals surface area contributed by atoms with Gasteiger partial charge in [-0.2, -0.15) is 0 Å². The normalized spacial score (nSPS) is 19.8. The van der Waals surface area contributed by atoms with Crippen LogP contribution in [-0.2, 0) is 4.79 Å². The lowest BCUT2D eigenvalue weighted by atomic mass is 9.95. The highest BCUT2D eigenvalue weighted by Crippen LogP contribution is 2.42. The van der Waals surface area contributed by atoms with Crippen molar-refractivity contribution in [3.63, 3.8) is 0 Å². The van der Waals surface area contributed by atoms with Crippen LogP contribution in [0.2, 0.25) is 0 Å². The number of aromatic nitrogens is 3. The number of amides is 1. The van der Waals surface area contributed by atoms with E-state index in [1.165, 1.54) is 5.56 Å². The standard InChI is InChI=1S/C18H17N5O/c24-17-9-11-22-10-8-15(12-4-3-6-14(19-17)18(12)22)23-16-7-2-1-5-13(16)20-21-23/h1-7,15H,8-11H2,(H,19,24). The molecular formula is C18H17N5O. The van der Waals surface area contributed by atoms with E-state index < -0.39 is 0 Å². The fraction of sp³-hybridized carbons (Fsp3) is 0.278. The molecule has 0 radical (unpaired) electrons. The molecule has 6 nitrogen and oxygen atoms in total. The maximum atomic E-state index is 12.0. The topological polar surface area (TPSA) is 63.1 Å². The van der Waals surface area contributed by atoms with Crippen LogP contribution in [0.3, 0.4) is 0 Å². The van der Waals surface area contributed by atoms with Gasteiger partial charge < -0.3 is 10.2 Å². The number of nitrogens with zero attached hydrogens (tertiary/aromatic N) is 4. The van der Waals surface area contributed by atoms with Gasteiger partial charge in [0.15, 0.2) is 0 Å². The Balaban J connectivity index is 1.69. The predicted octanol–water partition coefficient (Wildman–Crippen LogP) is 2.57. The summed E-state index contributed by atoms with van der Waals surface area (Å²) in [4.78, 5) is 14.3. The summed E-state index contributed by atoms with van der Waals surface area (Å²) in [6.45, 7) is 1.68. The van der Waals surface area contributed by atoms with Crippen molar-refractivity contribution >= 4 is 28.3 Å². The zero-order valence-electron chi connectivity index (χ0n) is 13.1. The Bertz CT molecular complexity index is 947. The van der Waals surface area contributed by atoms with Crippen LogP contribution in [0.15, 0.2) is 42.5 Å². The molecule has 3 aromatic rings. The van der Waals surface area contributed by atoms with Crippen molar-refractivity contribution in [1.29, 1.82) is 0 Å². The fourth-order valence-corrected chi connectivity index (χ4v) is 3.87. The molecule has 2 aliphatic heterocycles. The summed E-state index contributed by atoms with van der Waals surface area (Å²) in [6.07, 6.45) is 1.49. The van der Waals surface area contributed by atoms with Gasteiger partial charge in [0.05, 0.1) is 22.9 Å². The smallest absolute Gasteiger partial charge is 0.226 e. The summed E-state index contributed by atoms with van der Waals surface area (Å²) < 4.78 is 2.02. The number of hydrogen-bond acceptors (Lipinski definition) is 4. The first-order valence-corrected chi connectivity index (χ1v) is 8.29. The van der Waals surface area contributed by atoms with Gasteiger partial charge in [-0.1, -0.05) is 29.5 Å². The lowest BCUT2D eigenvalue weighted by Crippen LogP contribution is -2.34. The molecule has 1 N–H and O–H groups in total. The summed E-state index contributed by atoms with van der Waals surface area (Å²) >= 11 is 0. The number of nitrogens with one attached hydrogen (secondary N) is 1. The highest BCUT2D eigenvalue weighted by molar-refractivity contribution is 5.97. The molecule has 1 amide bonds. The number of benzene rings is 2. The second-order valence-electron chi connectivity index (χ2n) is 6.36. The van der Waals surface area contributed by atoms with Crippen LogP contribution in [-0.4, -0.2) is 34.0 Å². The fourth-order valence-electron chi connectivity index (χ4n) is 3.87. The number of carbonyl (C=O) groups is 1. The van der Waals surface area contributed by atoms with Crippen LogP contribution in [0, 0.1) is 0 Å². The molecule has 1 unspecified atom stereocenters. The molecule has 3 heterocycles. The van der Waals surface area contributed by atoms with Crippen molar-refractivity contribution in [3.8, 4) is 0 Å². The molecule has 0 saturated heterocycles. The molecule has 0 aliphatic carbocycles. The molecule has 120 valence electrons. The van der Waals surface area contributed by atoms with Gasteiger partial charge >= 0.3 is 0 Å². The van der Waals surface area contributed by atoms with Crippen molar-refractivity contribution in [3.05, 3.63) is 48.0 Å². The monoisotopic (exact) mass is 319 g/mol. The van der Waals surface area contributed by atoms with Crippen LogP contribution in [0.4, 0.5) is 11.4 Å². The van der Waals surface area contributed by atoms with Crippen LogP contribution >= 0.6 is 0 Å². The van der Waals surface area contributed by atoms with Gasteiger partial charge in [0, 0.05) is 25.1 Å². The quantitative estimate of drug-likeness (QED) is 0.749. The van der Waals surface area contributed by atoms with Crippen molar-refractivity contribution in [2.24, 2.45) is 0 Å². The second kappa shape index (κ2) is 5.06. The number of fused-ring (bicyclic) bond motifs is 1. The van der Waals surface area contributed by atoms with Gasteiger partial charge in [0.2, 0.25) is 5.91 Å². The van der Waals surface area contributed by atoms with E-state index in [9.17, 15) is 4.79 Å². The molecule has 6 heteroatoms. The molecular weight excluding hydrogens is 302 g/mol. The van der Waals surface area contributed by atoms with E-state index >= 15 is 0 Å². The van der Waals surface area contributed by atoms with Gasteiger partial charge in [0.1, 0.15) is 5.52 Å². The van der Waals surface area contributed by atoms with Gasteiger partial charge in [0.25, 0.3) is 0 Å². The molecule has 1 atom stereocenters. The van der Waals surface area contributed by atoms with Crippen LogP contribution < -0.4 is 10.2 Å². The van der Waals surface area contributed by atoms with Crippen LogP contribution in [0.5, 0.6) is 0 Å². The van der Waals surface area contributed by atoms with Crippen LogP contribution in [0.25, 0.3) is 11.0 Å².